The molecule has 0 amide bonds. The first-order valence-corrected chi connectivity index (χ1v) is 13.8. The van der Waals surface area contributed by atoms with Crippen LogP contribution in [0.1, 0.15) is 72.7 Å². The molecule has 4 rings (SSSR count). The molecule has 1 saturated heterocycles. The maximum atomic E-state index is 13.1. The molecule has 0 aliphatic carbocycles. The summed E-state index contributed by atoms with van der Waals surface area (Å²) in [6.45, 7) is 11.8. The van der Waals surface area contributed by atoms with Crippen LogP contribution in [-0.4, -0.2) is 47.7 Å². The number of rotatable bonds is 9. The Morgan fingerprint density at radius 1 is 1.13 bits per heavy atom. The molecule has 0 saturated carbocycles. The Morgan fingerprint density at radius 3 is 2.51 bits per heavy atom. The Hall–Kier alpha value is -3.36. The monoisotopic (exact) mass is 532 g/mol. The third-order valence-corrected chi connectivity index (χ3v) is 8.32. The molecule has 8 nitrogen and oxygen atoms in total. The van der Waals surface area contributed by atoms with Gasteiger partial charge in [0.25, 0.3) is 0 Å². The summed E-state index contributed by atoms with van der Waals surface area (Å²) >= 11 is 0. The zero-order valence-electron chi connectivity index (χ0n) is 24.3. The molecule has 8 heteroatoms. The second-order valence-electron chi connectivity index (χ2n) is 11.5. The molecule has 1 aromatic heterocycles. The average Bonchev–Trinajstić information content (AvgIpc) is 3.34. The van der Waals surface area contributed by atoms with Crippen LogP contribution in [0.25, 0.3) is 0 Å². The van der Waals surface area contributed by atoms with Gasteiger partial charge in [0.05, 0.1) is 30.4 Å². The topological polar surface area (TPSA) is 103 Å². The number of piperidine rings is 1. The number of nitrogens with zero attached hydrogens (tertiary/aromatic N) is 4. The number of aryl methyl sites for hydroxylation is 1. The largest absolute Gasteiger partial charge is 0.469 e. The summed E-state index contributed by atoms with van der Waals surface area (Å²) in [5, 5.41) is 1.52. The summed E-state index contributed by atoms with van der Waals surface area (Å²) < 4.78 is 7.53. The zero-order valence-corrected chi connectivity index (χ0v) is 24.3. The Kier molecular flexibility index (Phi) is 8.67. The molecule has 1 aliphatic heterocycles. The molecule has 1 fully saturated rings. The molecule has 2 heterocycles. The number of methoxy groups -OCH3 is 1. The van der Waals surface area contributed by atoms with Gasteiger partial charge in [-0.05, 0) is 87.5 Å². The summed E-state index contributed by atoms with van der Waals surface area (Å²) in [5.74, 6) is 6.55. The van der Waals surface area contributed by atoms with Crippen LogP contribution >= 0.6 is 0 Å². The minimum absolute atomic E-state index is 0.272. The molecule has 1 aliphatic rings. The molecule has 2 aromatic carbocycles. The van der Waals surface area contributed by atoms with Crippen LogP contribution in [0.2, 0.25) is 0 Å². The van der Waals surface area contributed by atoms with Gasteiger partial charge < -0.3 is 20.0 Å². The summed E-state index contributed by atoms with van der Waals surface area (Å²) in [7, 11) is 3.21. The Labute approximate surface area is 232 Å². The third kappa shape index (κ3) is 5.97. The van der Waals surface area contributed by atoms with Gasteiger partial charge in [-0.25, -0.2) is 10.8 Å². The van der Waals surface area contributed by atoms with Gasteiger partial charge in [-0.15, -0.1) is 0 Å². The van der Waals surface area contributed by atoms with Crippen molar-refractivity contribution < 1.29 is 9.53 Å². The van der Waals surface area contributed by atoms with Crippen LogP contribution in [0.5, 0.6) is 0 Å². The van der Waals surface area contributed by atoms with Gasteiger partial charge in [-0.1, -0.05) is 30.7 Å². The van der Waals surface area contributed by atoms with Gasteiger partial charge in [-0.3, -0.25) is 9.69 Å². The van der Waals surface area contributed by atoms with Crippen molar-refractivity contribution in [3.8, 4) is 0 Å². The highest BCUT2D eigenvalue weighted by molar-refractivity contribution is 5.80. The van der Waals surface area contributed by atoms with E-state index in [0.717, 1.165) is 47.8 Å². The van der Waals surface area contributed by atoms with E-state index in [4.69, 9.17) is 21.3 Å². The predicted molar refractivity (Wildman–Crippen MR) is 157 cm³/mol. The van der Waals surface area contributed by atoms with Crippen molar-refractivity contribution in [2.24, 2.45) is 11.3 Å². The average molecular weight is 533 g/mol. The third-order valence-electron chi connectivity index (χ3n) is 8.32. The van der Waals surface area contributed by atoms with Crippen molar-refractivity contribution >= 4 is 17.3 Å². The second-order valence-corrected chi connectivity index (χ2v) is 11.5. The number of carbonyl (C=O) groups is 1. The molecular weight excluding hydrogens is 488 g/mol. The van der Waals surface area contributed by atoms with Crippen LogP contribution in [-0.2, 0) is 22.6 Å². The zero-order chi connectivity index (χ0) is 28.3. The quantitative estimate of drug-likeness (QED) is 0.177. The van der Waals surface area contributed by atoms with Gasteiger partial charge in [0.1, 0.15) is 5.82 Å². The Bertz CT molecular complexity index is 1310. The van der Waals surface area contributed by atoms with Crippen molar-refractivity contribution in [1.29, 1.82) is 0 Å². The van der Waals surface area contributed by atoms with E-state index in [-0.39, 0.29) is 11.9 Å². The molecule has 0 spiro atoms. The van der Waals surface area contributed by atoms with E-state index in [1.54, 1.807) is 7.05 Å². The number of benzene rings is 2. The van der Waals surface area contributed by atoms with Gasteiger partial charge >= 0.3 is 5.97 Å². The van der Waals surface area contributed by atoms with Crippen molar-refractivity contribution in [2.75, 3.05) is 38.0 Å². The lowest BCUT2D eigenvalue weighted by Crippen LogP contribution is -2.34. The fraction of sp³-hybridized carbons (Fsp3) is 0.484. The first-order valence-electron chi connectivity index (χ1n) is 13.8. The van der Waals surface area contributed by atoms with E-state index in [0.29, 0.717) is 12.2 Å². The summed E-state index contributed by atoms with van der Waals surface area (Å²) in [4.78, 5) is 20.3. The summed E-state index contributed by atoms with van der Waals surface area (Å²) in [6.07, 6.45) is 7.78. The minimum Gasteiger partial charge on any atom is -0.469 e. The number of carbonyl (C=O) groups excluding carboxylic acids is 1. The lowest BCUT2D eigenvalue weighted by Gasteiger charge is -2.35. The Morgan fingerprint density at radius 2 is 1.85 bits per heavy atom. The number of imidazole rings is 1. The van der Waals surface area contributed by atoms with Gasteiger partial charge in [0.15, 0.2) is 0 Å². The van der Waals surface area contributed by atoms with Crippen LogP contribution in [0, 0.1) is 19.3 Å². The fourth-order valence-electron chi connectivity index (χ4n) is 5.90. The summed E-state index contributed by atoms with van der Waals surface area (Å²) in [6, 6.07) is 10.5. The second kappa shape index (κ2) is 11.8. The molecule has 0 bridgehead atoms. The molecule has 210 valence electrons. The fourth-order valence-corrected chi connectivity index (χ4v) is 5.90. The minimum atomic E-state index is -0.844. The van der Waals surface area contributed by atoms with E-state index in [9.17, 15) is 4.79 Å². The molecule has 4 N–H and O–H groups in total. The molecule has 1 unspecified atom stereocenters. The van der Waals surface area contributed by atoms with Crippen LogP contribution in [0.3, 0.4) is 0 Å². The highest BCUT2D eigenvalue weighted by Crippen LogP contribution is 2.45. The standard InChI is InChI=1S/C31H44N6O2/c1-21-10-11-23(18-24(21)19-37-17-14-34-27(37)20-36-15-8-7-9-16-36)28(31(3,4)30(38)39-6)25-12-13-26(35(5)33)29(32)22(25)2/h10-14,17-18,28H,7-9,15-16,19-20,32-33H2,1-6H3. The predicted octanol–water partition coefficient (Wildman–Crippen LogP) is 4.76. The number of nitrogens with two attached hydrogens (primary N) is 2. The number of aromatic nitrogens is 2. The first-order chi connectivity index (χ1) is 18.5. The highest BCUT2D eigenvalue weighted by atomic mass is 16.5. The lowest BCUT2D eigenvalue weighted by atomic mass is 9.69. The van der Waals surface area contributed by atoms with Crippen LogP contribution in [0.4, 0.5) is 11.4 Å². The maximum Gasteiger partial charge on any atom is 0.312 e. The van der Waals surface area contributed by atoms with Crippen LogP contribution < -0.4 is 16.6 Å². The Balaban J connectivity index is 1.75. The van der Waals surface area contributed by atoms with Gasteiger partial charge in [0.2, 0.25) is 0 Å². The maximum absolute atomic E-state index is 13.1. The molecular formula is C31H44N6O2. The normalized spacial score (nSPS) is 15.3. The van der Waals surface area contributed by atoms with Gasteiger partial charge in [-0.2, -0.15) is 0 Å². The number of likely N-dealkylation sites (tertiary alicyclic amines) is 1. The smallest absolute Gasteiger partial charge is 0.312 e. The number of anilines is 2. The van der Waals surface area contributed by atoms with E-state index in [2.05, 4.69) is 40.8 Å². The number of ether oxygens (including phenoxy) is 1. The van der Waals surface area contributed by atoms with Crippen LogP contribution in [0.15, 0.2) is 42.7 Å². The number of esters is 1. The van der Waals surface area contributed by atoms with E-state index >= 15 is 0 Å². The van der Waals surface area contributed by atoms with Gasteiger partial charge in [0, 0.05) is 31.9 Å². The van der Waals surface area contributed by atoms with Crippen molar-refractivity contribution in [3.05, 3.63) is 76.4 Å². The van der Waals surface area contributed by atoms with Crippen molar-refractivity contribution in [1.82, 2.24) is 14.5 Å². The molecule has 1 atom stereocenters. The highest BCUT2D eigenvalue weighted by Gasteiger charge is 2.41. The van der Waals surface area contributed by atoms with Crippen molar-refractivity contribution in [2.45, 2.75) is 66.0 Å². The van der Waals surface area contributed by atoms with Crippen molar-refractivity contribution in [3.63, 3.8) is 0 Å². The number of hydrazine groups is 1. The van der Waals surface area contributed by atoms with E-state index in [1.807, 2.05) is 39.1 Å². The SMILES string of the molecule is COC(=O)C(C)(C)C(c1ccc(C)c(Cn2ccnc2CN2CCCCC2)c1)c1ccc(N(C)N)c(N)c1C. The lowest BCUT2D eigenvalue weighted by molar-refractivity contribution is -0.151. The number of hydrogen-bond donors (Lipinski definition) is 2. The van der Waals surface area contributed by atoms with E-state index in [1.165, 1.54) is 42.5 Å². The number of hydrogen-bond acceptors (Lipinski definition) is 7. The molecule has 39 heavy (non-hydrogen) atoms. The molecule has 3 aromatic rings. The first kappa shape index (κ1) is 28.6. The molecule has 0 radical (unpaired) electrons. The van der Waals surface area contributed by atoms with E-state index < -0.39 is 5.41 Å². The summed E-state index contributed by atoms with van der Waals surface area (Å²) in [5.41, 5.74) is 12.4. The number of nitrogen functional groups attached to an aromatic ring is 1.